The molecule has 0 saturated carbocycles. The Morgan fingerprint density at radius 2 is 1.67 bits per heavy atom. The summed E-state index contributed by atoms with van der Waals surface area (Å²) in [4.78, 5) is 27.2. The minimum atomic E-state index is -3.36. The van der Waals surface area contributed by atoms with Gasteiger partial charge in [0.2, 0.25) is 0 Å². The van der Waals surface area contributed by atoms with Crippen molar-refractivity contribution in [2.75, 3.05) is 12.4 Å². The lowest BCUT2D eigenvalue weighted by Crippen LogP contribution is -2.19. The van der Waals surface area contributed by atoms with Gasteiger partial charge in [-0.3, -0.25) is 9.59 Å². The minimum Gasteiger partial charge on any atom is -0.395 e. The summed E-state index contributed by atoms with van der Waals surface area (Å²) in [5, 5.41) is 3.44. The molecule has 0 heterocycles. The highest BCUT2D eigenvalue weighted by molar-refractivity contribution is 7.91. The lowest BCUT2D eigenvalue weighted by molar-refractivity contribution is -0.115. The van der Waals surface area contributed by atoms with Gasteiger partial charge in [0.15, 0.2) is 27.1 Å². The van der Waals surface area contributed by atoms with Crippen molar-refractivity contribution in [1.82, 2.24) is 0 Å². The molecule has 114 valence electrons. The van der Waals surface area contributed by atoms with Gasteiger partial charge in [-0.15, -0.1) is 0 Å². The van der Waals surface area contributed by atoms with E-state index in [0.29, 0.717) is 0 Å². The quantitative estimate of drug-likeness (QED) is 0.313. The van der Waals surface area contributed by atoms with E-state index >= 15 is 0 Å². The Morgan fingerprint density at radius 3 is 2.19 bits per heavy atom. The number of sulfone groups is 1. The molecule has 0 unspecified atom stereocenters. The highest BCUT2D eigenvalue weighted by atomic mass is 32.2. The summed E-state index contributed by atoms with van der Waals surface area (Å²) in [5.74, 6) is -1.07. The Morgan fingerprint density at radius 1 is 1.10 bits per heavy atom. The molecule has 0 spiro atoms. The third-order valence-corrected chi connectivity index (χ3v) is 4.39. The van der Waals surface area contributed by atoms with Crippen LogP contribution in [0.4, 0.5) is 0 Å². The molecule has 1 rings (SSSR count). The Kier molecular flexibility index (Phi) is 6.23. The molecule has 0 aliphatic rings. The maximum atomic E-state index is 11.9. The van der Waals surface area contributed by atoms with Gasteiger partial charge >= 0.3 is 0 Å². The molecule has 0 amide bonds. The summed E-state index contributed by atoms with van der Waals surface area (Å²) in [6.45, 7) is 2.43. The highest BCUT2D eigenvalue weighted by Gasteiger charge is 2.14. The smallest absolute Gasteiger partial charge is 0.187 e. The van der Waals surface area contributed by atoms with E-state index in [1.165, 1.54) is 26.0 Å². The molecule has 0 bridgehead atoms. The molecule has 1 aromatic rings. The molecule has 7 heteroatoms. The minimum absolute atomic E-state index is 0.0100. The zero-order valence-corrected chi connectivity index (χ0v) is 12.7. The molecule has 1 aromatic carbocycles. The summed E-state index contributed by atoms with van der Waals surface area (Å²) < 4.78 is 23.9. The van der Waals surface area contributed by atoms with E-state index in [-0.39, 0.29) is 29.4 Å². The van der Waals surface area contributed by atoms with Gasteiger partial charge in [0.1, 0.15) is 6.61 Å². The van der Waals surface area contributed by atoms with Crippen molar-refractivity contribution >= 4 is 27.1 Å². The monoisotopic (exact) mass is 311 g/mol. The maximum absolute atomic E-state index is 11.9. The number of rotatable bonds is 8. The zero-order chi connectivity index (χ0) is 15.9. The van der Waals surface area contributed by atoms with Crippen LogP contribution >= 0.6 is 0 Å². The fraction of sp³-hybridized carbons (Fsp3) is 0.357. The Labute approximate surface area is 123 Å². The van der Waals surface area contributed by atoms with Crippen molar-refractivity contribution in [2.24, 2.45) is 5.16 Å². The van der Waals surface area contributed by atoms with Crippen LogP contribution < -0.4 is 0 Å². The topological polar surface area (TPSA) is 89.9 Å². The largest absolute Gasteiger partial charge is 0.395 e. The normalized spacial score (nSPS) is 10.8. The second kappa shape index (κ2) is 7.68. The summed E-state index contributed by atoms with van der Waals surface area (Å²) in [7, 11) is -3.36. The van der Waals surface area contributed by atoms with Crippen molar-refractivity contribution in [1.29, 1.82) is 0 Å². The van der Waals surface area contributed by atoms with Crippen LogP contribution in [0.25, 0.3) is 0 Å². The number of nitrogens with zero attached hydrogens (tertiary/aromatic N) is 1. The van der Waals surface area contributed by atoms with E-state index < -0.39 is 21.4 Å². The van der Waals surface area contributed by atoms with Crippen LogP contribution in [0.1, 0.15) is 20.3 Å². The van der Waals surface area contributed by atoms with Gasteiger partial charge in [-0.25, -0.2) is 8.42 Å². The second-order valence-electron chi connectivity index (χ2n) is 4.37. The maximum Gasteiger partial charge on any atom is 0.187 e. The first-order valence-corrected chi connectivity index (χ1v) is 7.99. The lowest BCUT2D eigenvalue weighted by atomic mass is 10.2. The third-order valence-electron chi connectivity index (χ3n) is 2.57. The van der Waals surface area contributed by atoms with Crippen LogP contribution in [0.5, 0.6) is 0 Å². The standard InChI is InChI=1S/C14H17NO5S/c1-11(16)14(12(2)17)15-20-9-6-10-21(18,19)13-7-4-3-5-8-13/h3-5,7-8H,6,9-10H2,1-2H3. The first-order chi connectivity index (χ1) is 9.84. The Hall–Kier alpha value is -2.02. The Bertz CT molecular complexity index is 619. The third kappa shape index (κ3) is 5.47. The Balaban J connectivity index is 2.50. The molecule has 0 aliphatic heterocycles. The molecular weight excluding hydrogens is 294 g/mol. The van der Waals surface area contributed by atoms with Crippen molar-refractivity contribution in [3.8, 4) is 0 Å². The lowest BCUT2D eigenvalue weighted by Gasteiger charge is -2.04. The van der Waals surface area contributed by atoms with Crippen molar-refractivity contribution < 1.29 is 22.8 Å². The van der Waals surface area contributed by atoms with E-state index in [1.54, 1.807) is 18.2 Å². The van der Waals surface area contributed by atoms with Gasteiger partial charge in [-0.1, -0.05) is 23.4 Å². The van der Waals surface area contributed by atoms with Crippen molar-refractivity contribution in [2.45, 2.75) is 25.2 Å². The molecule has 6 nitrogen and oxygen atoms in total. The first-order valence-electron chi connectivity index (χ1n) is 6.34. The van der Waals surface area contributed by atoms with Gasteiger partial charge in [-0.2, -0.15) is 0 Å². The molecule has 0 radical (unpaired) electrons. The zero-order valence-electron chi connectivity index (χ0n) is 11.9. The number of benzene rings is 1. The van der Waals surface area contributed by atoms with Crippen molar-refractivity contribution in [3.63, 3.8) is 0 Å². The second-order valence-corrected chi connectivity index (χ2v) is 6.48. The molecule has 0 fully saturated rings. The molecule has 0 atom stereocenters. The molecule has 21 heavy (non-hydrogen) atoms. The fourth-order valence-corrected chi connectivity index (χ4v) is 2.85. The molecule has 0 aliphatic carbocycles. The van der Waals surface area contributed by atoms with Gasteiger partial charge in [0.05, 0.1) is 10.6 Å². The number of ketones is 2. The van der Waals surface area contributed by atoms with E-state index in [9.17, 15) is 18.0 Å². The van der Waals surface area contributed by atoms with E-state index in [1.807, 2.05) is 0 Å². The van der Waals surface area contributed by atoms with E-state index in [2.05, 4.69) is 5.16 Å². The van der Waals surface area contributed by atoms with Crippen LogP contribution in [0.15, 0.2) is 40.4 Å². The summed E-state index contributed by atoms with van der Waals surface area (Å²) >= 11 is 0. The number of oxime groups is 1. The highest BCUT2D eigenvalue weighted by Crippen LogP contribution is 2.11. The van der Waals surface area contributed by atoms with Crippen LogP contribution in [0.3, 0.4) is 0 Å². The first kappa shape index (κ1) is 17.0. The fourth-order valence-electron chi connectivity index (χ4n) is 1.55. The van der Waals surface area contributed by atoms with Crippen LogP contribution in [0, 0.1) is 0 Å². The predicted octanol–water partition coefficient (Wildman–Crippen LogP) is 1.40. The predicted molar refractivity (Wildman–Crippen MR) is 77.9 cm³/mol. The number of hydrogen-bond donors (Lipinski definition) is 0. The molecule has 0 aromatic heterocycles. The van der Waals surface area contributed by atoms with E-state index in [0.717, 1.165) is 0 Å². The van der Waals surface area contributed by atoms with E-state index in [4.69, 9.17) is 4.84 Å². The average Bonchev–Trinajstić information content (AvgIpc) is 2.42. The molecule has 0 N–H and O–H groups in total. The number of hydrogen-bond acceptors (Lipinski definition) is 6. The van der Waals surface area contributed by atoms with Crippen LogP contribution in [0.2, 0.25) is 0 Å². The van der Waals surface area contributed by atoms with Crippen molar-refractivity contribution in [3.05, 3.63) is 30.3 Å². The van der Waals surface area contributed by atoms with Gasteiger partial charge in [0.25, 0.3) is 0 Å². The van der Waals surface area contributed by atoms with Crippen LogP contribution in [-0.4, -0.2) is 38.1 Å². The molecular formula is C14H17NO5S. The number of carbonyl (C=O) groups is 2. The van der Waals surface area contributed by atoms with Gasteiger partial charge in [0, 0.05) is 13.8 Å². The number of carbonyl (C=O) groups excluding carboxylic acids is 2. The summed E-state index contributed by atoms with van der Waals surface area (Å²) in [6.07, 6.45) is 0.212. The number of Topliss-reactive ketones (excluding diaryl/α,β-unsaturated/α-hetero) is 2. The van der Waals surface area contributed by atoms with Gasteiger partial charge < -0.3 is 4.84 Å². The summed E-state index contributed by atoms with van der Waals surface area (Å²) in [5.41, 5.74) is -0.277. The van der Waals surface area contributed by atoms with Gasteiger partial charge in [-0.05, 0) is 18.6 Å². The van der Waals surface area contributed by atoms with Crippen LogP contribution in [-0.2, 0) is 24.3 Å². The average molecular weight is 311 g/mol. The molecule has 0 saturated heterocycles. The summed E-state index contributed by atoms with van der Waals surface area (Å²) in [6, 6.07) is 8.09. The SMILES string of the molecule is CC(=O)C(=NOCCCS(=O)(=O)c1ccccc1)C(C)=O.